The predicted octanol–water partition coefficient (Wildman–Crippen LogP) is 0.119. The summed E-state index contributed by atoms with van der Waals surface area (Å²) in [6.45, 7) is 6.81. The standard InChI is InChI=1S/C10H22N2O2/c1-10(2,3)5-8(13)6-12-9(14)7-11-4/h8,11,13H,5-7H2,1-4H3,(H,12,14). The Morgan fingerprint density at radius 1 is 1.43 bits per heavy atom. The number of amides is 1. The smallest absolute Gasteiger partial charge is 0.234 e. The van der Waals surface area contributed by atoms with Crippen molar-refractivity contribution in [1.29, 1.82) is 0 Å². The summed E-state index contributed by atoms with van der Waals surface area (Å²) in [5, 5.41) is 15.0. The van der Waals surface area contributed by atoms with Crippen molar-refractivity contribution in [2.45, 2.75) is 33.3 Å². The van der Waals surface area contributed by atoms with Crippen LogP contribution in [0.3, 0.4) is 0 Å². The average molecular weight is 202 g/mol. The van der Waals surface area contributed by atoms with Gasteiger partial charge in [-0.3, -0.25) is 4.79 Å². The molecule has 0 aliphatic heterocycles. The van der Waals surface area contributed by atoms with E-state index in [9.17, 15) is 9.90 Å². The van der Waals surface area contributed by atoms with Gasteiger partial charge < -0.3 is 15.7 Å². The van der Waals surface area contributed by atoms with Crippen LogP contribution in [0.2, 0.25) is 0 Å². The molecule has 1 unspecified atom stereocenters. The number of carbonyl (C=O) groups excluding carboxylic acids is 1. The van der Waals surface area contributed by atoms with Gasteiger partial charge in [0.05, 0.1) is 12.6 Å². The number of hydrogen-bond acceptors (Lipinski definition) is 3. The lowest BCUT2D eigenvalue weighted by molar-refractivity contribution is -0.120. The lowest BCUT2D eigenvalue weighted by Crippen LogP contribution is -2.38. The highest BCUT2D eigenvalue weighted by molar-refractivity contribution is 5.77. The van der Waals surface area contributed by atoms with E-state index in [4.69, 9.17) is 0 Å². The summed E-state index contributed by atoms with van der Waals surface area (Å²) in [5.74, 6) is -0.0829. The van der Waals surface area contributed by atoms with Crippen molar-refractivity contribution in [3.63, 3.8) is 0 Å². The van der Waals surface area contributed by atoms with E-state index in [-0.39, 0.29) is 11.3 Å². The molecule has 0 aliphatic carbocycles. The second-order valence-electron chi connectivity index (χ2n) is 4.75. The van der Waals surface area contributed by atoms with Crippen LogP contribution in [0.25, 0.3) is 0 Å². The van der Waals surface area contributed by atoms with Crippen LogP contribution in [0, 0.1) is 5.41 Å². The van der Waals surface area contributed by atoms with Gasteiger partial charge in [-0.1, -0.05) is 20.8 Å². The van der Waals surface area contributed by atoms with Crippen LogP contribution in [0.4, 0.5) is 0 Å². The lowest BCUT2D eigenvalue weighted by atomic mass is 9.89. The molecule has 0 spiro atoms. The molecule has 4 heteroatoms. The van der Waals surface area contributed by atoms with Gasteiger partial charge in [-0.15, -0.1) is 0 Å². The van der Waals surface area contributed by atoms with Crippen molar-refractivity contribution in [3.05, 3.63) is 0 Å². The normalized spacial score (nSPS) is 13.8. The number of carbonyl (C=O) groups is 1. The number of likely N-dealkylation sites (N-methyl/N-ethyl adjacent to an activating group) is 1. The van der Waals surface area contributed by atoms with Gasteiger partial charge in [0, 0.05) is 6.54 Å². The van der Waals surface area contributed by atoms with Gasteiger partial charge in [0.2, 0.25) is 5.91 Å². The van der Waals surface area contributed by atoms with Crippen LogP contribution >= 0.6 is 0 Å². The Labute approximate surface area is 86.1 Å². The minimum absolute atomic E-state index is 0.0829. The van der Waals surface area contributed by atoms with Gasteiger partial charge in [0.1, 0.15) is 0 Å². The molecule has 1 atom stereocenters. The molecule has 0 saturated heterocycles. The number of hydrogen-bond donors (Lipinski definition) is 3. The van der Waals surface area contributed by atoms with E-state index in [1.807, 2.05) is 0 Å². The Bertz CT molecular complexity index is 175. The molecule has 0 aromatic carbocycles. The lowest BCUT2D eigenvalue weighted by Gasteiger charge is -2.22. The fraction of sp³-hybridized carbons (Fsp3) is 0.900. The fourth-order valence-corrected chi connectivity index (χ4v) is 1.23. The van der Waals surface area contributed by atoms with E-state index >= 15 is 0 Å². The number of nitrogens with one attached hydrogen (secondary N) is 2. The van der Waals surface area contributed by atoms with Gasteiger partial charge in [-0.05, 0) is 18.9 Å². The van der Waals surface area contributed by atoms with Crippen molar-refractivity contribution < 1.29 is 9.90 Å². The molecule has 0 saturated carbocycles. The summed E-state index contributed by atoms with van der Waals surface area (Å²) in [7, 11) is 1.71. The molecule has 1 amide bonds. The first-order chi connectivity index (χ1) is 6.35. The average Bonchev–Trinajstić information content (AvgIpc) is 1.98. The van der Waals surface area contributed by atoms with E-state index in [0.29, 0.717) is 19.5 Å². The molecule has 84 valence electrons. The molecule has 0 aliphatic rings. The van der Waals surface area contributed by atoms with E-state index < -0.39 is 6.10 Å². The Hall–Kier alpha value is -0.610. The highest BCUT2D eigenvalue weighted by Gasteiger charge is 2.16. The predicted molar refractivity (Wildman–Crippen MR) is 57.0 cm³/mol. The third kappa shape index (κ3) is 8.01. The summed E-state index contributed by atoms with van der Waals surface area (Å²) in [4.78, 5) is 11.0. The minimum Gasteiger partial charge on any atom is -0.391 e. The monoisotopic (exact) mass is 202 g/mol. The molecule has 0 aromatic heterocycles. The maximum Gasteiger partial charge on any atom is 0.234 e. The second-order valence-corrected chi connectivity index (χ2v) is 4.75. The van der Waals surface area contributed by atoms with Crippen molar-refractivity contribution in [2.75, 3.05) is 20.1 Å². The zero-order valence-corrected chi connectivity index (χ0v) is 9.55. The van der Waals surface area contributed by atoms with Gasteiger partial charge in [-0.2, -0.15) is 0 Å². The summed E-state index contributed by atoms with van der Waals surface area (Å²) >= 11 is 0. The van der Waals surface area contributed by atoms with Crippen LogP contribution in [0.5, 0.6) is 0 Å². The third-order valence-electron chi connectivity index (χ3n) is 1.72. The van der Waals surface area contributed by atoms with Crippen molar-refractivity contribution in [3.8, 4) is 0 Å². The Morgan fingerprint density at radius 3 is 2.43 bits per heavy atom. The quantitative estimate of drug-likeness (QED) is 0.593. The first-order valence-electron chi connectivity index (χ1n) is 4.94. The molecule has 0 heterocycles. The highest BCUT2D eigenvalue weighted by Crippen LogP contribution is 2.20. The molecule has 0 rings (SSSR count). The van der Waals surface area contributed by atoms with Crippen molar-refractivity contribution >= 4 is 5.91 Å². The first kappa shape index (κ1) is 13.4. The molecular weight excluding hydrogens is 180 g/mol. The maximum atomic E-state index is 11.0. The van der Waals surface area contributed by atoms with Gasteiger partial charge in [-0.25, -0.2) is 0 Å². The van der Waals surface area contributed by atoms with Crippen molar-refractivity contribution in [2.24, 2.45) is 5.41 Å². The zero-order chi connectivity index (χ0) is 11.2. The van der Waals surface area contributed by atoms with Crippen LogP contribution in [-0.4, -0.2) is 37.3 Å². The zero-order valence-electron chi connectivity index (χ0n) is 9.55. The third-order valence-corrected chi connectivity index (χ3v) is 1.72. The molecule has 0 aromatic rings. The largest absolute Gasteiger partial charge is 0.391 e. The van der Waals surface area contributed by atoms with Crippen LogP contribution in [0.15, 0.2) is 0 Å². The molecular formula is C10H22N2O2. The Kier molecular flexibility index (Phi) is 5.72. The topological polar surface area (TPSA) is 61.4 Å². The summed E-state index contributed by atoms with van der Waals surface area (Å²) in [5.41, 5.74) is 0.0904. The fourth-order valence-electron chi connectivity index (χ4n) is 1.23. The summed E-state index contributed by atoms with van der Waals surface area (Å²) < 4.78 is 0. The van der Waals surface area contributed by atoms with Crippen LogP contribution in [-0.2, 0) is 4.79 Å². The Morgan fingerprint density at radius 2 is 2.00 bits per heavy atom. The van der Waals surface area contributed by atoms with Gasteiger partial charge >= 0.3 is 0 Å². The highest BCUT2D eigenvalue weighted by atomic mass is 16.3. The molecule has 3 N–H and O–H groups in total. The summed E-state index contributed by atoms with van der Waals surface area (Å²) in [6, 6.07) is 0. The maximum absolute atomic E-state index is 11.0. The van der Waals surface area contributed by atoms with Gasteiger partial charge in [0.25, 0.3) is 0 Å². The molecule has 0 bridgehead atoms. The molecule has 0 radical (unpaired) electrons. The van der Waals surface area contributed by atoms with E-state index in [1.54, 1.807) is 7.05 Å². The molecule has 0 fully saturated rings. The van der Waals surface area contributed by atoms with Crippen LogP contribution < -0.4 is 10.6 Å². The molecule has 4 nitrogen and oxygen atoms in total. The van der Waals surface area contributed by atoms with E-state index in [2.05, 4.69) is 31.4 Å². The van der Waals surface area contributed by atoms with Crippen molar-refractivity contribution in [1.82, 2.24) is 10.6 Å². The Balaban J connectivity index is 3.63. The van der Waals surface area contributed by atoms with E-state index in [0.717, 1.165) is 0 Å². The van der Waals surface area contributed by atoms with E-state index in [1.165, 1.54) is 0 Å². The number of aliphatic hydroxyl groups excluding tert-OH is 1. The van der Waals surface area contributed by atoms with Gasteiger partial charge in [0.15, 0.2) is 0 Å². The second kappa shape index (κ2) is 5.98. The first-order valence-corrected chi connectivity index (χ1v) is 4.94. The molecule has 14 heavy (non-hydrogen) atoms. The summed E-state index contributed by atoms with van der Waals surface area (Å²) in [6.07, 6.45) is 0.225. The number of rotatable bonds is 5. The van der Waals surface area contributed by atoms with Crippen LogP contribution in [0.1, 0.15) is 27.2 Å². The number of aliphatic hydroxyl groups is 1. The SMILES string of the molecule is CNCC(=O)NCC(O)CC(C)(C)C. The minimum atomic E-state index is -0.462.